The maximum atomic E-state index is 5.91. The zero-order valence-electron chi connectivity index (χ0n) is 15.9. The molecule has 28 heavy (non-hydrogen) atoms. The van der Waals surface area contributed by atoms with Crippen LogP contribution in [0.4, 0.5) is 0 Å². The largest absolute Gasteiger partial charge is 0.496 e. The van der Waals surface area contributed by atoms with Crippen LogP contribution < -0.4 is 4.74 Å². The highest BCUT2D eigenvalue weighted by atomic mass is 32.1. The van der Waals surface area contributed by atoms with E-state index in [2.05, 4.69) is 63.9 Å². The number of fused-ring (bicyclic) bond motifs is 2. The van der Waals surface area contributed by atoms with Crippen LogP contribution in [0.2, 0.25) is 0 Å². The van der Waals surface area contributed by atoms with Gasteiger partial charge in [0.15, 0.2) is 0 Å². The van der Waals surface area contributed by atoms with Crippen LogP contribution in [0.5, 0.6) is 5.75 Å². The first-order chi connectivity index (χ1) is 13.8. The molecule has 4 nitrogen and oxygen atoms in total. The van der Waals surface area contributed by atoms with Crippen molar-refractivity contribution in [3.63, 3.8) is 0 Å². The van der Waals surface area contributed by atoms with Crippen molar-refractivity contribution in [3.8, 4) is 17.0 Å². The minimum Gasteiger partial charge on any atom is -0.496 e. The van der Waals surface area contributed by atoms with Gasteiger partial charge in [-0.3, -0.25) is 4.90 Å². The molecule has 0 fully saturated rings. The smallest absolute Gasteiger partial charge is 0.132 e. The molecular formula is C23H21N3OS. The first-order valence-electron chi connectivity index (χ1n) is 9.41. The molecule has 0 aliphatic carbocycles. The summed E-state index contributed by atoms with van der Waals surface area (Å²) >= 11 is 1.75. The van der Waals surface area contributed by atoms with E-state index in [4.69, 9.17) is 4.74 Å². The van der Waals surface area contributed by atoms with Gasteiger partial charge in [-0.25, -0.2) is 0 Å². The summed E-state index contributed by atoms with van der Waals surface area (Å²) in [5.41, 5.74) is 5.93. The second-order valence-electron chi connectivity index (χ2n) is 7.18. The highest BCUT2D eigenvalue weighted by molar-refractivity contribution is 7.17. The van der Waals surface area contributed by atoms with Gasteiger partial charge in [-0.1, -0.05) is 18.2 Å². The van der Waals surface area contributed by atoms with Crippen LogP contribution in [0.1, 0.15) is 22.7 Å². The van der Waals surface area contributed by atoms with Crippen molar-refractivity contribution < 1.29 is 4.74 Å². The Kier molecular flexibility index (Phi) is 4.34. The topological polar surface area (TPSA) is 38.3 Å². The van der Waals surface area contributed by atoms with E-state index in [1.807, 2.05) is 12.1 Å². The van der Waals surface area contributed by atoms with Crippen LogP contribution >= 0.6 is 11.3 Å². The number of ether oxygens (including phenoxy) is 1. The fourth-order valence-electron chi connectivity index (χ4n) is 4.24. The number of likely N-dealkylation sites (N-methyl/N-ethyl adjacent to an activating group) is 1. The molecular weight excluding hydrogens is 366 g/mol. The number of hydrogen-bond acceptors (Lipinski definition) is 5. The van der Waals surface area contributed by atoms with Gasteiger partial charge < -0.3 is 4.74 Å². The molecule has 1 aliphatic heterocycles. The van der Waals surface area contributed by atoms with Gasteiger partial charge in [-0.05, 0) is 60.3 Å². The van der Waals surface area contributed by atoms with Crippen LogP contribution in [0.15, 0.2) is 60.1 Å². The molecule has 0 N–H and O–H groups in total. The quantitative estimate of drug-likeness (QED) is 0.499. The predicted molar refractivity (Wildman–Crippen MR) is 114 cm³/mol. The number of methoxy groups -OCH3 is 1. The molecule has 1 aliphatic rings. The predicted octanol–water partition coefficient (Wildman–Crippen LogP) is 4.94. The van der Waals surface area contributed by atoms with Crippen LogP contribution in [-0.4, -0.2) is 35.8 Å². The molecule has 1 unspecified atom stereocenters. The first kappa shape index (κ1) is 17.3. The summed E-state index contributed by atoms with van der Waals surface area (Å²) in [6.45, 7) is 1.02. The summed E-state index contributed by atoms with van der Waals surface area (Å²) in [4.78, 5) is 2.42. The average Bonchev–Trinajstić information content (AvgIpc) is 3.22. The number of benzene rings is 2. The molecule has 3 heterocycles. The van der Waals surface area contributed by atoms with E-state index in [0.29, 0.717) is 0 Å². The molecule has 140 valence electrons. The van der Waals surface area contributed by atoms with E-state index >= 15 is 0 Å². The lowest BCUT2D eigenvalue weighted by Gasteiger charge is -2.36. The number of nitrogens with zero attached hydrogens (tertiary/aromatic N) is 3. The van der Waals surface area contributed by atoms with E-state index in [-0.39, 0.29) is 6.04 Å². The highest BCUT2D eigenvalue weighted by Gasteiger charge is 2.29. The third kappa shape index (κ3) is 2.79. The molecule has 0 amide bonds. The van der Waals surface area contributed by atoms with Gasteiger partial charge in [0.2, 0.25) is 0 Å². The molecule has 0 saturated carbocycles. The summed E-state index contributed by atoms with van der Waals surface area (Å²) in [6, 6.07) is 17.4. The van der Waals surface area contributed by atoms with Crippen LogP contribution in [-0.2, 0) is 6.42 Å². The Labute approximate surface area is 168 Å². The molecule has 1 atom stereocenters. The summed E-state index contributed by atoms with van der Waals surface area (Å²) < 4.78 is 7.16. The van der Waals surface area contributed by atoms with Crippen LogP contribution in [0.25, 0.3) is 21.3 Å². The Balaban J connectivity index is 1.69. The number of thiophene rings is 1. The molecule has 2 aromatic carbocycles. The normalized spacial score (nSPS) is 16.9. The highest BCUT2D eigenvalue weighted by Crippen LogP contribution is 2.43. The zero-order chi connectivity index (χ0) is 19.1. The summed E-state index contributed by atoms with van der Waals surface area (Å²) in [5, 5.41) is 11.7. The molecule has 0 bridgehead atoms. The Morgan fingerprint density at radius 3 is 2.86 bits per heavy atom. The number of hydrogen-bond donors (Lipinski definition) is 0. The fraction of sp³-hybridized carbons (Fsp3) is 0.217. The molecule has 4 aromatic rings. The van der Waals surface area contributed by atoms with Crippen molar-refractivity contribution >= 4 is 21.4 Å². The van der Waals surface area contributed by atoms with Crippen molar-refractivity contribution in [3.05, 3.63) is 76.8 Å². The first-order valence-corrected chi connectivity index (χ1v) is 10.3. The van der Waals surface area contributed by atoms with Gasteiger partial charge in [0.1, 0.15) is 5.75 Å². The van der Waals surface area contributed by atoms with Crippen molar-refractivity contribution in [1.82, 2.24) is 15.1 Å². The van der Waals surface area contributed by atoms with Gasteiger partial charge >= 0.3 is 0 Å². The SMILES string of the molecule is COc1c(C2c3cc(-c4cccnn4)ccc3CCN2C)ccc2sccc12. The van der Waals surface area contributed by atoms with Crippen molar-refractivity contribution in [1.29, 1.82) is 0 Å². The zero-order valence-corrected chi connectivity index (χ0v) is 16.7. The second kappa shape index (κ2) is 7.00. The van der Waals surface area contributed by atoms with Crippen LogP contribution in [0.3, 0.4) is 0 Å². The summed E-state index contributed by atoms with van der Waals surface area (Å²) in [5.74, 6) is 0.980. The van der Waals surface area contributed by atoms with Crippen LogP contribution in [0, 0.1) is 0 Å². The van der Waals surface area contributed by atoms with E-state index in [1.54, 1.807) is 24.6 Å². The standard InChI is InChI=1S/C23H21N3OS/c1-26-12-9-15-5-6-16(20-4-3-11-24-25-20)14-19(15)22(26)18-7-8-21-17(10-13-28-21)23(18)27-2/h3-8,10-11,13-14,22H,9,12H2,1-2H3. The molecule has 0 saturated heterocycles. The number of rotatable bonds is 3. The number of aromatic nitrogens is 2. The minimum absolute atomic E-state index is 0.152. The molecule has 2 aromatic heterocycles. The maximum absolute atomic E-state index is 5.91. The Morgan fingerprint density at radius 1 is 1.11 bits per heavy atom. The molecule has 5 rings (SSSR count). The summed E-state index contributed by atoms with van der Waals surface area (Å²) in [7, 11) is 3.97. The third-order valence-electron chi connectivity index (χ3n) is 5.60. The fourth-order valence-corrected chi connectivity index (χ4v) is 5.02. The third-order valence-corrected chi connectivity index (χ3v) is 6.48. The minimum atomic E-state index is 0.152. The van der Waals surface area contributed by atoms with Gasteiger partial charge in [0.25, 0.3) is 0 Å². The maximum Gasteiger partial charge on any atom is 0.132 e. The summed E-state index contributed by atoms with van der Waals surface area (Å²) in [6.07, 6.45) is 2.76. The van der Waals surface area contributed by atoms with E-state index in [1.165, 1.54) is 26.8 Å². The second-order valence-corrected chi connectivity index (χ2v) is 8.12. The lowest BCUT2D eigenvalue weighted by Crippen LogP contribution is -2.33. The van der Waals surface area contributed by atoms with E-state index in [0.717, 1.165) is 30.0 Å². The van der Waals surface area contributed by atoms with E-state index in [9.17, 15) is 0 Å². The van der Waals surface area contributed by atoms with Gasteiger partial charge in [0, 0.05) is 34.0 Å². The Bertz CT molecular complexity index is 1140. The Hall–Kier alpha value is -2.76. The van der Waals surface area contributed by atoms with Gasteiger partial charge in [-0.2, -0.15) is 10.2 Å². The van der Waals surface area contributed by atoms with E-state index < -0.39 is 0 Å². The van der Waals surface area contributed by atoms with Gasteiger partial charge in [-0.15, -0.1) is 11.3 Å². The lowest BCUT2D eigenvalue weighted by molar-refractivity contribution is 0.259. The molecule has 0 spiro atoms. The van der Waals surface area contributed by atoms with Gasteiger partial charge in [0.05, 0.1) is 18.8 Å². The van der Waals surface area contributed by atoms with Crippen molar-refractivity contribution in [2.45, 2.75) is 12.5 Å². The monoisotopic (exact) mass is 387 g/mol. The van der Waals surface area contributed by atoms with Crippen molar-refractivity contribution in [2.75, 3.05) is 20.7 Å². The molecule has 0 radical (unpaired) electrons. The Morgan fingerprint density at radius 2 is 2.04 bits per heavy atom. The lowest BCUT2D eigenvalue weighted by atomic mass is 9.86. The molecule has 5 heteroatoms. The average molecular weight is 388 g/mol. The van der Waals surface area contributed by atoms with Crippen molar-refractivity contribution in [2.24, 2.45) is 0 Å².